The molecule has 0 aliphatic rings. The van der Waals surface area contributed by atoms with Gasteiger partial charge in [-0.15, -0.1) is 11.3 Å². The molecule has 0 fully saturated rings. The first kappa shape index (κ1) is 20.6. The Balaban J connectivity index is 1.50. The van der Waals surface area contributed by atoms with E-state index in [0.29, 0.717) is 42.9 Å². The summed E-state index contributed by atoms with van der Waals surface area (Å²) < 4.78 is 13.1. The van der Waals surface area contributed by atoms with E-state index in [2.05, 4.69) is 16.0 Å². The van der Waals surface area contributed by atoms with Gasteiger partial charge in [0.2, 0.25) is 11.8 Å². The summed E-state index contributed by atoms with van der Waals surface area (Å²) in [7, 11) is 0. The number of thiophene rings is 1. The van der Waals surface area contributed by atoms with Gasteiger partial charge in [0.15, 0.2) is 0 Å². The predicted octanol–water partition coefficient (Wildman–Crippen LogP) is 1.87. The fourth-order valence-corrected chi connectivity index (χ4v) is 2.97. The van der Waals surface area contributed by atoms with Crippen LogP contribution in [0.15, 0.2) is 41.8 Å². The number of hydrogen-bond acceptors (Lipinski definition) is 4. The normalized spacial score (nSPS) is 10.3. The topological polar surface area (TPSA) is 87.3 Å². The minimum absolute atomic E-state index is 0.0929. The van der Waals surface area contributed by atoms with Crippen molar-refractivity contribution < 1.29 is 18.8 Å². The van der Waals surface area contributed by atoms with Crippen LogP contribution >= 0.6 is 11.3 Å². The highest BCUT2D eigenvalue weighted by Crippen LogP contribution is 2.07. The van der Waals surface area contributed by atoms with E-state index >= 15 is 0 Å². The SMILES string of the molecule is O=C(CCCNC(=O)c1cccs1)NCCNC(=O)Cc1cccc(F)c1. The maximum Gasteiger partial charge on any atom is 0.261 e. The molecule has 0 aliphatic carbocycles. The summed E-state index contributed by atoms with van der Waals surface area (Å²) in [4.78, 5) is 35.8. The zero-order valence-electron chi connectivity index (χ0n) is 14.8. The first-order valence-corrected chi connectivity index (χ1v) is 9.52. The minimum Gasteiger partial charge on any atom is -0.354 e. The average Bonchev–Trinajstić information content (AvgIpc) is 3.17. The van der Waals surface area contributed by atoms with E-state index in [9.17, 15) is 18.8 Å². The Morgan fingerprint density at radius 1 is 0.926 bits per heavy atom. The minimum atomic E-state index is -0.376. The van der Waals surface area contributed by atoms with Gasteiger partial charge in [-0.25, -0.2) is 4.39 Å². The van der Waals surface area contributed by atoms with Crippen molar-refractivity contribution in [2.45, 2.75) is 19.3 Å². The van der Waals surface area contributed by atoms with Gasteiger partial charge in [-0.3, -0.25) is 14.4 Å². The zero-order valence-corrected chi connectivity index (χ0v) is 15.6. The Hall–Kier alpha value is -2.74. The lowest BCUT2D eigenvalue weighted by molar-refractivity contribution is -0.122. The fourth-order valence-electron chi connectivity index (χ4n) is 2.33. The summed E-state index contributed by atoms with van der Waals surface area (Å²) in [5.41, 5.74) is 0.598. The number of halogens is 1. The maximum absolute atomic E-state index is 13.1. The summed E-state index contributed by atoms with van der Waals surface area (Å²) in [5.74, 6) is -0.878. The van der Waals surface area contributed by atoms with Crippen molar-refractivity contribution in [3.05, 3.63) is 58.0 Å². The van der Waals surface area contributed by atoms with Gasteiger partial charge in [-0.05, 0) is 35.6 Å². The molecule has 8 heteroatoms. The number of amides is 3. The van der Waals surface area contributed by atoms with Crippen molar-refractivity contribution >= 4 is 29.1 Å². The van der Waals surface area contributed by atoms with E-state index < -0.39 is 0 Å². The van der Waals surface area contributed by atoms with Crippen LogP contribution in [0.2, 0.25) is 0 Å². The maximum atomic E-state index is 13.1. The molecule has 0 unspecified atom stereocenters. The van der Waals surface area contributed by atoms with Gasteiger partial charge in [-0.1, -0.05) is 18.2 Å². The van der Waals surface area contributed by atoms with Crippen LogP contribution in [-0.2, 0) is 16.0 Å². The molecule has 6 nitrogen and oxygen atoms in total. The van der Waals surface area contributed by atoms with Crippen LogP contribution in [-0.4, -0.2) is 37.4 Å². The Bertz CT molecular complexity index is 765. The number of hydrogen-bond donors (Lipinski definition) is 3. The molecule has 0 aliphatic heterocycles. The van der Waals surface area contributed by atoms with Crippen LogP contribution in [0, 0.1) is 5.82 Å². The first-order valence-electron chi connectivity index (χ1n) is 8.64. The molecule has 2 rings (SSSR count). The molecule has 1 heterocycles. The van der Waals surface area contributed by atoms with Crippen LogP contribution < -0.4 is 16.0 Å². The second kappa shape index (κ2) is 11.1. The molecule has 27 heavy (non-hydrogen) atoms. The number of benzene rings is 1. The molecule has 144 valence electrons. The number of rotatable bonds is 10. The highest BCUT2D eigenvalue weighted by Gasteiger charge is 2.07. The Morgan fingerprint density at radius 2 is 1.70 bits per heavy atom. The van der Waals surface area contributed by atoms with Gasteiger partial charge in [0, 0.05) is 26.1 Å². The van der Waals surface area contributed by atoms with Gasteiger partial charge in [0.25, 0.3) is 5.91 Å². The monoisotopic (exact) mass is 391 g/mol. The van der Waals surface area contributed by atoms with E-state index in [1.54, 1.807) is 18.2 Å². The van der Waals surface area contributed by atoms with E-state index in [4.69, 9.17) is 0 Å². The largest absolute Gasteiger partial charge is 0.354 e. The summed E-state index contributed by atoms with van der Waals surface area (Å²) >= 11 is 1.37. The molecule has 1 aromatic heterocycles. The van der Waals surface area contributed by atoms with Crippen molar-refractivity contribution in [1.29, 1.82) is 0 Å². The standard InChI is InChI=1S/C19H22FN3O3S/c20-15-5-1-4-14(12-15)13-18(25)22-10-9-21-17(24)7-2-8-23-19(26)16-6-3-11-27-16/h1,3-6,11-12H,2,7-10,13H2,(H,21,24)(H,22,25)(H,23,26). The molecular formula is C19H22FN3O3S. The average molecular weight is 391 g/mol. The van der Waals surface area contributed by atoms with E-state index in [1.807, 2.05) is 11.4 Å². The molecule has 3 amide bonds. The van der Waals surface area contributed by atoms with Crippen molar-refractivity contribution in [1.82, 2.24) is 16.0 Å². The zero-order chi connectivity index (χ0) is 19.5. The number of carbonyl (C=O) groups is 3. The Labute approximate surface area is 161 Å². The second-order valence-electron chi connectivity index (χ2n) is 5.84. The van der Waals surface area contributed by atoms with Gasteiger partial charge >= 0.3 is 0 Å². The Morgan fingerprint density at radius 3 is 2.41 bits per heavy atom. The molecule has 3 N–H and O–H groups in total. The van der Waals surface area contributed by atoms with Crippen molar-refractivity contribution in [2.75, 3.05) is 19.6 Å². The smallest absolute Gasteiger partial charge is 0.261 e. The van der Waals surface area contributed by atoms with Crippen LogP contribution in [0.25, 0.3) is 0 Å². The van der Waals surface area contributed by atoms with Crippen LogP contribution in [0.4, 0.5) is 4.39 Å². The van der Waals surface area contributed by atoms with Crippen molar-refractivity contribution in [3.63, 3.8) is 0 Å². The number of nitrogens with one attached hydrogen (secondary N) is 3. The van der Waals surface area contributed by atoms with Crippen LogP contribution in [0.1, 0.15) is 28.1 Å². The van der Waals surface area contributed by atoms with Crippen molar-refractivity contribution in [3.8, 4) is 0 Å². The molecule has 2 aromatic rings. The second-order valence-corrected chi connectivity index (χ2v) is 6.79. The molecule has 0 saturated heterocycles. The van der Waals surface area contributed by atoms with Gasteiger partial charge in [0.1, 0.15) is 5.82 Å². The third-order valence-corrected chi connectivity index (χ3v) is 4.50. The van der Waals surface area contributed by atoms with Gasteiger partial charge in [0.05, 0.1) is 11.3 Å². The van der Waals surface area contributed by atoms with Crippen LogP contribution in [0.5, 0.6) is 0 Å². The quantitative estimate of drug-likeness (QED) is 0.541. The molecule has 0 bridgehead atoms. The summed E-state index contributed by atoms with van der Waals surface area (Å²) in [6.07, 6.45) is 0.923. The third kappa shape index (κ3) is 8.00. The lowest BCUT2D eigenvalue weighted by atomic mass is 10.1. The summed E-state index contributed by atoms with van der Waals surface area (Å²) in [6, 6.07) is 9.44. The number of carbonyl (C=O) groups excluding carboxylic acids is 3. The highest BCUT2D eigenvalue weighted by atomic mass is 32.1. The first-order chi connectivity index (χ1) is 13.0. The van der Waals surface area contributed by atoms with E-state index in [-0.39, 0.29) is 30.0 Å². The van der Waals surface area contributed by atoms with Crippen molar-refractivity contribution in [2.24, 2.45) is 0 Å². The highest BCUT2D eigenvalue weighted by molar-refractivity contribution is 7.12. The molecule has 1 aromatic carbocycles. The molecule has 0 atom stereocenters. The lowest BCUT2D eigenvalue weighted by Gasteiger charge is -2.08. The molecule has 0 spiro atoms. The van der Waals surface area contributed by atoms with Crippen LogP contribution in [0.3, 0.4) is 0 Å². The molecule has 0 saturated carbocycles. The predicted molar refractivity (Wildman–Crippen MR) is 102 cm³/mol. The fraction of sp³-hybridized carbons (Fsp3) is 0.316. The van der Waals surface area contributed by atoms with E-state index in [1.165, 1.54) is 23.5 Å². The summed E-state index contributed by atoms with van der Waals surface area (Å²) in [6.45, 7) is 1.04. The van der Waals surface area contributed by atoms with Gasteiger partial charge < -0.3 is 16.0 Å². The molecule has 0 radical (unpaired) electrons. The Kier molecular flexibility index (Phi) is 8.44. The summed E-state index contributed by atoms with van der Waals surface area (Å²) in [5, 5.41) is 9.96. The lowest BCUT2D eigenvalue weighted by Crippen LogP contribution is -2.35. The van der Waals surface area contributed by atoms with E-state index in [0.717, 1.165) is 0 Å². The van der Waals surface area contributed by atoms with Gasteiger partial charge in [-0.2, -0.15) is 0 Å². The third-order valence-electron chi connectivity index (χ3n) is 3.63. The molecular weight excluding hydrogens is 369 g/mol.